The first-order chi connectivity index (χ1) is 11.8. The van der Waals surface area contributed by atoms with Crippen molar-refractivity contribution >= 4 is 5.91 Å². The molecule has 0 aromatic carbocycles. The van der Waals surface area contributed by atoms with Gasteiger partial charge in [0, 0.05) is 45.0 Å². The van der Waals surface area contributed by atoms with Crippen LogP contribution in [0.2, 0.25) is 0 Å². The van der Waals surface area contributed by atoms with Gasteiger partial charge in [-0.1, -0.05) is 0 Å². The molecule has 0 spiro atoms. The zero-order valence-corrected chi connectivity index (χ0v) is 14.6. The summed E-state index contributed by atoms with van der Waals surface area (Å²) in [7, 11) is 0. The van der Waals surface area contributed by atoms with Crippen molar-refractivity contribution in [2.45, 2.75) is 38.6 Å². The van der Waals surface area contributed by atoms with Gasteiger partial charge in [-0.15, -0.1) is 0 Å². The molecule has 2 aliphatic rings. The Kier molecular flexibility index (Phi) is 6.66. The first-order valence-electron chi connectivity index (χ1n) is 9.36. The molecule has 24 heavy (non-hydrogen) atoms. The highest BCUT2D eigenvalue weighted by Crippen LogP contribution is 2.21. The summed E-state index contributed by atoms with van der Waals surface area (Å²) in [5.41, 5.74) is 0. The first-order valence-corrected chi connectivity index (χ1v) is 9.36. The van der Waals surface area contributed by atoms with E-state index in [1.165, 1.54) is 19.4 Å². The molecular formula is C18H30N4O2. The topological polar surface area (TPSA) is 50.6 Å². The number of amides is 1. The lowest BCUT2D eigenvalue weighted by Crippen LogP contribution is -2.41. The Morgan fingerprint density at radius 2 is 2.08 bits per heavy atom. The van der Waals surface area contributed by atoms with Gasteiger partial charge in [0.05, 0.1) is 13.2 Å². The third kappa shape index (κ3) is 5.31. The van der Waals surface area contributed by atoms with Gasteiger partial charge >= 0.3 is 0 Å². The van der Waals surface area contributed by atoms with Gasteiger partial charge in [0.1, 0.15) is 0 Å². The van der Waals surface area contributed by atoms with Crippen molar-refractivity contribution in [1.82, 2.24) is 19.6 Å². The van der Waals surface area contributed by atoms with Gasteiger partial charge in [-0.2, -0.15) is 5.10 Å². The number of aromatic nitrogens is 2. The van der Waals surface area contributed by atoms with Crippen molar-refractivity contribution in [2.75, 3.05) is 45.9 Å². The van der Waals surface area contributed by atoms with E-state index in [1.807, 2.05) is 28.0 Å². The molecule has 3 heterocycles. The number of aryl methyl sites for hydroxylation is 1. The summed E-state index contributed by atoms with van der Waals surface area (Å²) < 4.78 is 7.32. The number of rotatable bonds is 7. The van der Waals surface area contributed by atoms with E-state index in [4.69, 9.17) is 4.74 Å². The first kappa shape index (κ1) is 17.4. The number of hydrogen-bond acceptors (Lipinski definition) is 4. The van der Waals surface area contributed by atoms with Gasteiger partial charge < -0.3 is 14.5 Å². The van der Waals surface area contributed by atoms with Crippen LogP contribution in [0.3, 0.4) is 0 Å². The minimum atomic E-state index is 0.314. The Balaban J connectivity index is 1.33. The summed E-state index contributed by atoms with van der Waals surface area (Å²) >= 11 is 0. The summed E-state index contributed by atoms with van der Waals surface area (Å²) in [6.07, 6.45) is 9.27. The van der Waals surface area contributed by atoms with E-state index in [1.54, 1.807) is 0 Å². The maximum Gasteiger partial charge on any atom is 0.222 e. The fourth-order valence-corrected chi connectivity index (χ4v) is 3.78. The number of carbonyl (C=O) groups excluding carboxylic acids is 1. The van der Waals surface area contributed by atoms with Gasteiger partial charge in [-0.25, -0.2) is 0 Å². The molecule has 0 unspecified atom stereocenters. The Bertz CT molecular complexity index is 485. The minimum absolute atomic E-state index is 0.314. The summed E-state index contributed by atoms with van der Waals surface area (Å²) in [4.78, 5) is 16.8. The highest BCUT2D eigenvalue weighted by atomic mass is 16.5. The van der Waals surface area contributed by atoms with Gasteiger partial charge in [0.15, 0.2) is 0 Å². The number of morpholine rings is 1. The molecule has 0 saturated carbocycles. The molecule has 6 nitrogen and oxygen atoms in total. The predicted octanol–water partition coefficient (Wildman–Crippen LogP) is 1.62. The van der Waals surface area contributed by atoms with Crippen LogP contribution >= 0.6 is 0 Å². The Hall–Kier alpha value is -1.40. The lowest BCUT2D eigenvalue weighted by molar-refractivity contribution is -0.135. The van der Waals surface area contributed by atoms with E-state index in [0.717, 1.165) is 45.6 Å². The standard InChI is InChI=1S/C18H30N4O2/c23-18(21-12-14-24-15-13-21)6-5-17-4-1-8-20(16-17)9-3-11-22-10-2-7-19-22/h2,7,10,17H,1,3-6,8-9,11-16H2/t17-/m1/s1. The van der Waals surface area contributed by atoms with Crippen LogP contribution in [-0.2, 0) is 16.1 Å². The number of carbonyl (C=O) groups is 1. The van der Waals surface area contributed by atoms with E-state index in [2.05, 4.69) is 10.00 Å². The quantitative estimate of drug-likeness (QED) is 0.760. The molecule has 0 radical (unpaired) electrons. The Labute approximate surface area is 144 Å². The third-order valence-electron chi connectivity index (χ3n) is 5.15. The molecule has 134 valence electrons. The summed E-state index contributed by atoms with van der Waals surface area (Å²) in [5.74, 6) is 0.988. The van der Waals surface area contributed by atoms with Gasteiger partial charge in [-0.3, -0.25) is 9.48 Å². The van der Waals surface area contributed by atoms with E-state index in [0.29, 0.717) is 31.5 Å². The maximum atomic E-state index is 12.3. The van der Waals surface area contributed by atoms with E-state index in [-0.39, 0.29) is 0 Å². The second kappa shape index (κ2) is 9.18. The van der Waals surface area contributed by atoms with Crippen molar-refractivity contribution in [3.05, 3.63) is 18.5 Å². The van der Waals surface area contributed by atoms with E-state index >= 15 is 0 Å². The molecule has 0 N–H and O–H groups in total. The highest BCUT2D eigenvalue weighted by Gasteiger charge is 2.22. The van der Waals surface area contributed by atoms with Gasteiger partial charge in [0.2, 0.25) is 5.91 Å². The molecule has 0 bridgehead atoms. The molecule has 2 fully saturated rings. The van der Waals surface area contributed by atoms with Crippen LogP contribution < -0.4 is 0 Å². The van der Waals surface area contributed by atoms with Crippen LogP contribution in [0.4, 0.5) is 0 Å². The second-order valence-electron chi connectivity index (χ2n) is 6.96. The maximum absolute atomic E-state index is 12.3. The number of hydrogen-bond donors (Lipinski definition) is 0. The predicted molar refractivity (Wildman–Crippen MR) is 92.6 cm³/mol. The molecule has 0 aliphatic carbocycles. The largest absolute Gasteiger partial charge is 0.378 e. The van der Waals surface area contributed by atoms with Crippen molar-refractivity contribution in [2.24, 2.45) is 5.92 Å². The molecule has 6 heteroatoms. The van der Waals surface area contributed by atoms with Crippen molar-refractivity contribution in [3.8, 4) is 0 Å². The SMILES string of the molecule is O=C(CC[C@H]1CCCN(CCCn2cccn2)C1)N1CCOCC1. The monoisotopic (exact) mass is 334 g/mol. The lowest BCUT2D eigenvalue weighted by atomic mass is 9.93. The fourth-order valence-electron chi connectivity index (χ4n) is 3.78. The molecular weight excluding hydrogens is 304 g/mol. The zero-order valence-electron chi connectivity index (χ0n) is 14.6. The number of nitrogens with zero attached hydrogens (tertiary/aromatic N) is 4. The summed E-state index contributed by atoms with van der Waals surface area (Å²) in [5, 5.41) is 4.25. The van der Waals surface area contributed by atoms with Crippen LogP contribution in [0.25, 0.3) is 0 Å². The van der Waals surface area contributed by atoms with Crippen LogP contribution in [0.5, 0.6) is 0 Å². The average Bonchev–Trinajstić information content (AvgIpc) is 3.14. The molecule has 2 saturated heterocycles. The van der Waals surface area contributed by atoms with Crippen LogP contribution in [0.15, 0.2) is 18.5 Å². The number of ether oxygens (including phenoxy) is 1. The molecule has 1 aromatic rings. The van der Waals surface area contributed by atoms with Crippen LogP contribution in [-0.4, -0.2) is 71.4 Å². The summed E-state index contributed by atoms with van der Waals surface area (Å²) in [6, 6.07) is 1.97. The number of piperidine rings is 1. The average molecular weight is 334 g/mol. The molecule has 1 amide bonds. The van der Waals surface area contributed by atoms with Crippen LogP contribution in [0, 0.1) is 5.92 Å². The third-order valence-corrected chi connectivity index (χ3v) is 5.15. The fraction of sp³-hybridized carbons (Fsp3) is 0.778. The van der Waals surface area contributed by atoms with E-state index in [9.17, 15) is 4.79 Å². The highest BCUT2D eigenvalue weighted by molar-refractivity contribution is 5.76. The molecule has 3 rings (SSSR count). The van der Waals surface area contributed by atoms with Gasteiger partial charge in [0.25, 0.3) is 0 Å². The Morgan fingerprint density at radius 3 is 2.88 bits per heavy atom. The van der Waals surface area contributed by atoms with Crippen molar-refractivity contribution in [3.63, 3.8) is 0 Å². The molecule has 1 atom stereocenters. The summed E-state index contributed by atoms with van der Waals surface area (Å²) in [6.45, 7) is 7.39. The minimum Gasteiger partial charge on any atom is -0.378 e. The Morgan fingerprint density at radius 1 is 1.21 bits per heavy atom. The number of likely N-dealkylation sites (tertiary alicyclic amines) is 1. The van der Waals surface area contributed by atoms with Gasteiger partial charge in [-0.05, 0) is 50.8 Å². The zero-order chi connectivity index (χ0) is 16.6. The molecule has 1 aromatic heterocycles. The normalized spacial score (nSPS) is 22.7. The second-order valence-corrected chi connectivity index (χ2v) is 6.96. The molecule has 2 aliphatic heterocycles. The van der Waals surface area contributed by atoms with E-state index < -0.39 is 0 Å². The smallest absolute Gasteiger partial charge is 0.222 e. The van der Waals surface area contributed by atoms with Crippen molar-refractivity contribution in [1.29, 1.82) is 0 Å². The van der Waals surface area contributed by atoms with Crippen LogP contribution in [0.1, 0.15) is 32.1 Å². The van der Waals surface area contributed by atoms with Crippen molar-refractivity contribution < 1.29 is 9.53 Å². The lowest BCUT2D eigenvalue weighted by Gasteiger charge is -2.33.